The van der Waals surface area contributed by atoms with Crippen LogP contribution in [0.25, 0.3) is 0 Å². The molecule has 18 heavy (non-hydrogen) atoms. The molecule has 1 aliphatic rings. The average Bonchev–Trinajstić information content (AvgIpc) is 2.71. The van der Waals surface area contributed by atoms with Gasteiger partial charge in [0.15, 0.2) is 9.84 Å². The van der Waals surface area contributed by atoms with E-state index in [9.17, 15) is 8.42 Å². The van der Waals surface area contributed by atoms with Crippen LogP contribution in [0.5, 0.6) is 5.75 Å². The van der Waals surface area contributed by atoms with Crippen LogP contribution in [-0.2, 0) is 9.84 Å². The van der Waals surface area contributed by atoms with Crippen LogP contribution in [0.1, 0.15) is 17.9 Å². The van der Waals surface area contributed by atoms with Crippen molar-refractivity contribution < 1.29 is 13.2 Å². The van der Waals surface area contributed by atoms with Gasteiger partial charge in [0.1, 0.15) is 5.75 Å². The Balaban J connectivity index is 2.18. The lowest BCUT2D eigenvalue weighted by atomic mass is 9.86. The molecule has 2 atom stereocenters. The number of nitrogens with two attached hydrogens (primary N) is 1. The third-order valence-corrected chi connectivity index (χ3v) is 5.43. The molecule has 5 heteroatoms. The van der Waals surface area contributed by atoms with Gasteiger partial charge in [-0.15, -0.1) is 0 Å². The number of rotatable bonds is 4. The van der Waals surface area contributed by atoms with E-state index in [1.165, 1.54) is 0 Å². The second kappa shape index (κ2) is 5.28. The van der Waals surface area contributed by atoms with Gasteiger partial charge in [-0.25, -0.2) is 8.42 Å². The fourth-order valence-electron chi connectivity index (χ4n) is 2.59. The summed E-state index contributed by atoms with van der Waals surface area (Å²) in [7, 11) is -1.23. The molecule has 0 aromatic heterocycles. The molecule has 0 saturated carbocycles. The van der Waals surface area contributed by atoms with Gasteiger partial charge in [-0.1, -0.05) is 12.1 Å². The fourth-order valence-corrected chi connectivity index (χ4v) is 4.47. The van der Waals surface area contributed by atoms with Crippen LogP contribution in [0.15, 0.2) is 24.3 Å². The van der Waals surface area contributed by atoms with Crippen LogP contribution in [0.2, 0.25) is 0 Å². The number of hydrogen-bond donors (Lipinski definition) is 1. The molecule has 1 aromatic rings. The van der Waals surface area contributed by atoms with Gasteiger partial charge in [0.2, 0.25) is 0 Å². The molecule has 1 aliphatic heterocycles. The smallest absolute Gasteiger partial charge is 0.150 e. The van der Waals surface area contributed by atoms with Crippen molar-refractivity contribution in [2.75, 3.05) is 25.2 Å². The van der Waals surface area contributed by atoms with Gasteiger partial charge < -0.3 is 10.5 Å². The minimum absolute atomic E-state index is 0.119. The van der Waals surface area contributed by atoms with Crippen LogP contribution in [0, 0.1) is 5.92 Å². The van der Waals surface area contributed by atoms with E-state index in [1.807, 2.05) is 24.3 Å². The predicted molar refractivity (Wildman–Crippen MR) is 71.6 cm³/mol. The molecule has 0 spiro atoms. The molecule has 2 unspecified atom stereocenters. The van der Waals surface area contributed by atoms with E-state index in [-0.39, 0.29) is 17.6 Å². The highest BCUT2D eigenvalue weighted by molar-refractivity contribution is 7.91. The van der Waals surface area contributed by atoms with Crippen molar-refractivity contribution in [3.8, 4) is 5.75 Å². The monoisotopic (exact) mass is 269 g/mol. The summed E-state index contributed by atoms with van der Waals surface area (Å²) in [5, 5.41) is 0. The van der Waals surface area contributed by atoms with Crippen molar-refractivity contribution >= 4 is 9.84 Å². The highest BCUT2D eigenvalue weighted by Gasteiger charge is 2.33. The third kappa shape index (κ3) is 2.84. The molecule has 2 N–H and O–H groups in total. The molecule has 2 rings (SSSR count). The van der Waals surface area contributed by atoms with Gasteiger partial charge in [-0.2, -0.15) is 0 Å². The van der Waals surface area contributed by atoms with Crippen LogP contribution in [0.4, 0.5) is 0 Å². The molecule has 0 radical (unpaired) electrons. The highest BCUT2D eigenvalue weighted by Crippen LogP contribution is 2.33. The first-order valence-electron chi connectivity index (χ1n) is 6.10. The van der Waals surface area contributed by atoms with E-state index in [2.05, 4.69) is 0 Å². The third-order valence-electron chi connectivity index (χ3n) is 3.63. The minimum Gasteiger partial charge on any atom is -0.497 e. The molecular formula is C13H19NO3S. The molecule has 0 aliphatic carbocycles. The Hall–Kier alpha value is -1.07. The van der Waals surface area contributed by atoms with E-state index < -0.39 is 9.84 Å². The summed E-state index contributed by atoms with van der Waals surface area (Å²) >= 11 is 0. The maximum absolute atomic E-state index is 11.5. The number of sulfone groups is 1. The van der Waals surface area contributed by atoms with Crippen LogP contribution in [-0.4, -0.2) is 33.6 Å². The van der Waals surface area contributed by atoms with Crippen LogP contribution >= 0.6 is 0 Å². The molecule has 0 amide bonds. The van der Waals surface area contributed by atoms with E-state index in [1.54, 1.807) is 7.11 Å². The second-order valence-corrected chi connectivity index (χ2v) is 7.01. The van der Waals surface area contributed by atoms with E-state index in [0.717, 1.165) is 17.7 Å². The lowest BCUT2D eigenvalue weighted by Crippen LogP contribution is -2.22. The lowest BCUT2D eigenvalue weighted by molar-refractivity contribution is 0.413. The van der Waals surface area contributed by atoms with Gasteiger partial charge in [-0.3, -0.25) is 0 Å². The summed E-state index contributed by atoms with van der Waals surface area (Å²) in [5.74, 6) is 1.63. The molecule has 0 bridgehead atoms. The minimum atomic E-state index is -2.85. The zero-order valence-electron chi connectivity index (χ0n) is 10.5. The Morgan fingerprint density at radius 1 is 1.39 bits per heavy atom. The first-order valence-corrected chi connectivity index (χ1v) is 7.92. The maximum atomic E-state index is 11.5. The maximum Gasteiger partial charge on any atom is 0.150 e. The molecule has 1 fully saturated rings. The van der Waals surface area contributed by atoms with Gasteiger partial charge >= 0.3 is 0 Å². The van der Waals surface area contributed by atoms with Gasteiger partial charge in [-0.05, 0) is 42.5 Å². The van der Waals surface area contributed by atoms with Crippen molar-refractivity contribution in [3.63, 3.8) is 0 Å². The quantitative estimate of drug-likeness (QED) is 0.891. The fraction of sp³-hybridized carbons (Fsp3) is 0.538. The number of ether oxygens (including phenoxy) is 1. The summed E-state index contributed by atoms with van der Waals surface area (Å²) in [6, 6.07) is 7.73. The van der Waals surface area contributed by atoms with Gasteiger partial charge in [0, 0.05) is 0 Å². The SMILES string of the molecule is COc1ccc(C(CN)C2CCS(=O)(=O)C2)cc1. The van der Waals surface area contributed by atoms with Crippen molar-refractivity contribution in [2.24, 2.45) is 11.7 Å². The predicted octanol–water partition coefficient (Wildman–Crippen LogP) is 1.17. The molecule has 1 heterocycles. The number of hydrogen-bond acceptors (Lipinski definition) is 4. The number of benzene rings is 1. The molecule has 100 valence electrons. The second-order valence-electron chi connectivity index (χ2n) is 4.78. The van der Waals surface area contributed by atoms with E-state index in [0.29, 0.717) is 12.3 Å². The normalized spacial score (nSPS) is 23.8. The molecule has 1 saturated heterocycles. The summed E-state index contributed by atoms with van der Waals surface area (Å²) < 4.78 is 28.2. The topological polar surface area (TPSA) is 69.4 Å². The Bertz CT molecular complexity index is 495. The zero-order chi connectivity index (χ0) is 13.2. The summed E-state index contributed by atoms with van der Waals surface area (Å²) in [6.07, 6.45) is 0.718. The molecular weight excluding hydrogens is 250 g/mol. The van der Waals surface area contributed by atoms with Gasteiger partial charge in [0.25, 0.3) is 0 Å². The first-order chi connectivity index (χ1) is 8.55. The summed E-state index contributed by atoms with van der Waals surface area (Å²) in [4.78, 5) is 0. The summed E-state index contributed by atoms with van der Waals surface area (Å²) in [6.45, 7) is 0.479. The molecule has 4 nitrogen and oxygen atoms in total. The number of methoxy groups -OCH3 is 1. The van der Waals surface area contributed by atoms with Crippen molar-refractivity contribution in [1.82, 2.24) is 0 Å². The largest absolute Gasteiger partial charge is 0.497 e. The Kier molecular flexibility index (Phi) is 3.92. The van der Waals surface area contributed by atoms with Crippen molar-refractivity contribution in [3.05, 3.63) is 29.8 Å². The standard InChI is InChI=1S/C13H19NO3S/c1-17-12-4-2-10(3-5-12)13(8-14)11-6-7-18(15,16)9-11/h2-5,11,13H,6-9,14H2,1H3. The molecule has 1 aromatic carbocycles. The van der Waals surface area contributed by atoms with Crippen LogP contribution < -0.4 is 10.5 Å². The lowest BCUT2D eigenvalue weighted by Gasteiger charge is -2.21. The Morgan fingerprint density at radius 3 is 2.50 bits per heavy atom. The highest BCUT2D eigenvalue weighted by atomic mass is 32.2. The Morgan fingerprint density at radius 2 is 2.06 bits per heavy atom. The van der Waals surface area contributed by atoms with Crippen molar-refractivity contribution in [2.45, 2.75) is 12.3 Å². The van der Waals surface area contributed by atoms with Crippen molar-refractivity contribution in [1.29, 1.82) is 0 Å². The van der Waals surface area contributed by atoms with E-state index in [4.69, 9.17) is 10.5 Å². The summed E-state index contributed by atoms with van der Waals surface area (Å²) in [5.41, 5.74) is 6.92. The zero-order valence-corrected chi connectivity index (χ0v) is 11.3. The Labute approximate surface area is 108 Å². The average molecular weight is 269 g/mol. The first kappa shape index (κ1) is 13.4. The van der Waals surface area contributed by atoms with Crippen LogP contribution in [0.3, 0.4) is 0 Å². The van der Waals surface area contributed by atoms with Gasteiger partial charge in [0.05, 0.1) is 18.6 Å². The van der Waals surface area contributed by atoms with E-state index >= 15 is 0 Å².